The van der Waals surface area contributed by atoms with Crippen molar-refractivity contribution in [1.82, 2.24) is 4.90 Å². The molecule has 52 heavy (non-hydrogen) atoms. The van der Waals surface area contributed by atoms with Gasteiger partial charge in [0.1, 0.15) is 30.7 Å². The molecular weight excluding hydrogens is 698 g/mol. The lowest BCUT2D eigenvalue weighted by atomic mass is 9.79. The molecule has 0 aromatic carbocycles. The lowest BCUT2D eigenvalue weighted by Gasteiger charge is -2.50. The largest absolute Gasteiger partial charge is 0.462 e. The second-order valence-corrected chi connectivity index (χ2v) is 15.5. The maximum atomic E-state index is 13.3. The summed E-state index contributed by atoms with van der Waals surface area (Å²) in [5.41, 5.74) is -0.619. The van der Waals surface area contributed by atoms with Crippen molar-refractivity contribution in [2.24, 2.45) is 23.7 Å². The highest BCUT2D eigenvalue weighted by atomic mass is 35.5. The number of allylic oxidation sites excluding steroid dienone is 3. The first-order valence-corrected chi connectivity index (χ1v) is 18.4. The first-order chi connectivity index (χ1) is 23.8. The minimum Gasteiger partial charge on any atom is -0.462 e. The van der Waals surface area contributed by atoms with E-state index in [4.69, 9.17) is 23.7 Å². The number of aldehydes is 1. The summed E-state index contributed by atoms with van der Waals surface area (Å²) in [4.78, 5) is 40.3. The summed E-state index contributed by atoms with van der Waals surface area (Å²) in [5.74, 6) is -2.69. The Hall–Kier alpha value is -1.78. The van der Waals surface area contributed by atoms with Crippen molar-refractivity contribution >= 4 is 30.4 Å². The molecule has 0 spiro atoms. The average molecular weight is 762 g/mol. The number of ketones is 1. The van der Waals surface area contributed by atoms with E-state index >= 15 is 0 Å². The van der Waals surface area contributed by atoms with Crippen LogP contribution >= 0.6 is 12.4 Å². The van der Waals surface area contributed by atoms with Crippen LogP contribution in [-0.2, 0) is 38.1 Å². The zero-order valence-corrected chi connectivity index (χ0v) is 33.2. The van der Waals surface area contributed by atoms with Crippen LogP contribution in [0.25, 0.3) is 0 Å². The Morgan fingerprint density at radius 2 is 1.65 bits per heavy atom. The maximum absolute atomic E-state index is 13.3. The van der Waals surface area contributed by atoms with Crippen LogP contribution in [0.2, 0.25) is 0 Å². The van der Waals surface area contributed by atoms with Gasteiger partial charge >= 0.3 is 5.97 Å². The number of aliphatic hydroxyl groups is 4. The van der Waals surface area contributed by atoms with Crippen molar-refractivity contribution in [3.8, 4) is 0 Å². The number of carbonyl (C=O) groups is 3. The lowest BCUT2D eigenvalue weighted by Crippen LogP contribution is -2.65. The predicted molar refractivity (Wildman–Crippen MR) is 195 cm³/mol. The standard InChI is InChI=1S/C38H63NO12.ClH/c1-11-29-22(4)16-20(2)12-13-27(41)21(3)17-26(14-15-40)34(23(5)28(42)18-30(43)49-29)51-37-33(44)32(39(9)10)35(24(6)48-37)50-31-19-38(8,46)36(45)25(7)47-31;/h12-13,15-16,21-26,28-29,31-37,42,44-46H,11,14,17-19H2,1-10H3;1H/b13-12+,20-16+;/t21?,22?,23?,24-,25+,26?,28?,29?,31+,32+,33+,34?,35-,36+,37+,38-;/m0./s1. The van der Waals surface area contributed by atoms with E-state index in [-0.39, 0.29) is 49.8 Å². The maximum Gasteiger partial charge on any atom is 0.308 e. The van der Waals surface area contributed by atoms with Gasteiger partial charge in [-0.15, -0.1) is 12.4 Å². The molecular formula is C38H64ClNO12. The molecule has 300 valence electrons. The third-order valence-corrected chi connectivity index (χ3v) is 10.8. The fraction of sp³-hybridized carbons (Fsp3) is 0.816. The van der Waals surface area contributed by atoms with Gasteiger partial charge in [-0.1, -0.05) is 45.4 Å². The van der Waals surface area contributed by atoms with E-state index in [1.807, 2.05) is 26.8 Å². The topological polar surface area (TPSA) is 182 Å². The van der Waals surface area contributed by atoms with Gasteiger partial charge in [0.05, 0.1) is 42.5 Å². The van der Waals surface area contributed by atoms with Crippen molar-refractivity contribution in [3.63, 3.8) is 0 Å². The van der Waals surface area contributed by atoms with Crippen LogP contribution < -0.4 is 0 Å². The number of nitrogens with zero attached hydrogens (tertiary/aromatic N) is 1. The number of hydrogen-bond donors (Lipinski definition) is 4. The molecule has 2 fully saturated rings. The van der Waals surface area contributed by atoms with Gasteiger partial charge in [0.25, 0.3) is 0 Å². The van der Waals surface area contributed by atoms with Gasteiger partial charge in [-0.2, -0.15) is 0 Å². The molecule has 14 heteroatoms. The molecule has 3 aliphatic rings. The van der Waals surface area contributed by atoms with E-state index < -0.39 is 96.8 Å². The van der Waals surface area contributed by atoms with E-state index in [1.165, 1.54) is 13.0 Å². The molecule has 3 rings (SSSR count). The molecule has 13 nitrogen and oxygen atoms in total. The van der Waals surface area contributed by atoms with Gasteiger partial charge in [0.15, 0.2) is 18.4 Å². The smallest absolute Gasteiger partial charge is 0.308 e. The molecule has 3 heterocycles. The van der Waals surface area contributed by atoms with E-state index in [0.29, 0.717) is 6.42 Å². The Labute approximate surface area is 315 Å². The molecule has 7 unspecified atom stereocenters. The fourth-order valence-electron chi connectivity index (χ4n) is 7.67. The molecule has 4 N–H and O–H groups in total. The molecule has 0 amide bonds. The SMILES string of the molecule is CCC1OC(=O)CC(O)C(C)C(O[C@H]2O[C@@H](C)[C@H](O[C@@H]3C[C@](C)(O)[C@H](O)[C@@H](C)O3)[C@H](N(C)C)[C@H]2O)C(CC=O)CC(C)C(=O)/C=C/C(C)=C/C1C.Cl. The summed E-state index contributed by atoms with van der Waals surface area (Å²) in [6.07, 6.45) is -2.93. The Bertz CT molecular complexity index is 1230. The van der Waals surface area contributed by atoms with Crippen molar-refractivity contribution in [3.05, 3.63) is 23.8 Å². The van der Waals surface area contributed by atoms with Crippen LogP contribution in [0.15, 0.2) is 23.8 Å². The highest BCUT2D eigenvalue weighted by Gasteiger charge is 2.51. The van der Waals surface area contributed by atoms with Gasteiger partial charge in [-0.3, -0.25) is 9.59 Å². The highest BCUT2D eigenvalue weighted by Crippen LogP contribution is 2.37. The molecule has 3 aliphatic heterocycles. The van der Waals surface area contributed by atoms with Gasteiger partial charge in [0.2, 0.25) is 0 Å². The second kappa shape index (κ2) is 20.2. The number of ether oxygens (including phenoxy) is 5. The summed E-state index contributed by atoms with van der Waals surface area (Å²) < 4.78 is 30.8. The molecule has 0 saturated carbocycles. The molecule has 16 atom stereocenters. The third-order valence-electron chi connectivity index (χ3n) is 10.8. The van der Waals surface area contributed by atoms with Crippen LogP contribution in [0, 0.1) is 23.7 Å². The monoisotopic (exact) mass is 761 g/mol. The van der Waals surface area contributed by atoms with Gasteiger partial charge in [-0.05, 0) is 66.6 Å². The summed E-state index contributed by atoms with van der Waals surface area (Å²) >= 11 is 0. The third kappa shape index (κ3) is 11.9. The zero-order chi connectivity index (χ0) is 38.4. The van der Waals surface area contributed by atoms with Crippen LogP contribution in [0.5, 0.6) is 0 Å². The number of hydrogen-bond acceptors (Lipinski definition) is 13. The number of likely N-dealkylation sites (N-methyl/N-ethyl adjacent to an activating group) is 1. The van der Waals surface area contributed by atoms with Gasteiger partial charge in [0, 0.05) is 30.6 Å². The number of halogens is 1. The minimum absolute atomic E-state index is 0. The summed E-state index contributed by atoms with van der Waals surface area (Å²) in [7, 11) is 3.54. The van der Waals surface area contributed by atoms with Crippen molar-refractivity contribution < 1.29 is 58.5 Å². The van der Waals surface area contributed by atoms with Crippen LogP contribution in [0.4, 0.5) is 0 Å². The van der Waals surface area contributed by atoms with Crippen molar-refractivity contribution in [2.75, 3.05) is 14.1 Å². The Morgan fingerprint density at radius 1 is 1.00 bits per heavy atom. The summed E-state index contributed by atoms with van der Waals surface area (Å²) in [6, 6.07) is -0.699. The van der Waals surface area contributed by atoms with E-state index in [2.05, 4.69) is 0 Å². The molecule has 0 bridgehead atoms. The number of esters is 1. The minimum atomic E-state index is -1.46. The van der Waals surface area contributed by atoms with E-state index in [1.54, 1.807) is 52.8 Å². The first kappa shape index (κ1) is 46.4. The molecule has 0 aromatic heterocycles. The molecule has 0 aliphatic carbocycles. The van der Waals surface area contributed by atoms with Crippen LogP contribution in [0.3, 0.4) is 0 Å². The second-order valence-electron chi connectivity index (χ2n) is 15.5. The van der Waals surface area contributed by atoms with Crippen LogP contribution in [0.1, 0.15) is 87.5 Å². The number of carbonyl (C=O) groups excluding carboxylic acids is 3. The Balaban J connectivity index is 0.00000936. The quantitative estimate of drug-likeness (QED) is 0.210. The fourth-order valence-corrected chi connectivity index (χ4v) is 7.67. The zero-order valence-electron chi connectivity index (χ0n) is 32.4. The van der Waals surface area contributed by atoms with Crippen molar-refractivity contribution in [2.45, 2.75) is 161 Å². The van der Waals surface area contributed by atoms with Gasteiger partial charge in [-0.25, -0.2) is 0 Å². The predicted octanol–water partition coefficient (Wildman–Crippen LogP) is 3.12. The first-order valence-electron chi connectivity index (χ1n) is 18.4. The Kier molecular flexibility index (Phi) is 18.0. The number of aliphatic hydroxyl groups excluding tert-OH is 3. The lowest BCUT2D eigenvalue weighted by molar-refractivity contribution is -0.341. The summed E-state index contributed by atoms with van der Waals surface area (Å²) in [5, 5.41) is 44.4. The Morgan fingerprint density at radius 3 is 2.23 bits per heavy atom. The normalized spacial score (nSPS) is 44.6. The molecule has 2 saturated heterocycles. The highest BCUT2D eigenvalue weighted by molar-refractivity contribution is 5.91. The number of cyclic esters (lactones) is 1. The number of rotatable bonds is 8. The molecule has 0 aromatic rings. The summed E-state index contributed by atoms with van der Waals surface area (Å²) in [6.45, 7) is 14.1. The molecule has 0 radical (unpaired) electrons. The van der Waals surface area contributed by atoms with Crippen LogP contribution in [-0.4, -0.2) is 131 Å². The van der Waals surface area contributed by atoms with Gasteiger partial charge < -0.3 is 53.8 Å². The van der Waals surface area contributed by atoms with E-state index in [0.717, 1.165) is 11.9 Å². The van der Waals surface area contributed by atoms with E-state index in [9.17, 15) is 34.8 Å². The van der Waals surface area contributed by atoms with Crippen molar-refractivity contribution in [1.29, 1.82) is 0 Å². The average Bonchev–Trinajstić information content (AvgIpc) is 3.04.